The molecule has 0 saturated carbocycles. The summed E-state index contributed by atoms with van der Waals surface area (Å²) in [6.45, 7) is 2.93. The zero-order valence-electron chi connectivity index (χ0n) is 16.9. The molecule has 0 saturated heterocycles. The number of fused-ring (bicyclic) bond motifs is 1. The van der Waals surface area contributed by atoms with Gasteiger partial charge in [0.15, 0.2) is 6.61 Å². The Kier molecular flexibility index (Phi) is 6.86. The van der Waals surface area contributed by atoms with Crippen LogP contribution in [-0.4, -0.2) is 51.1 Å². The molecule has 1 aromatic heterocycles. The zero-order chi connectivity index (χ0) is 22.6. The summed E-state index contributed by atoms with van der Waals surface area (Å²) in [4.78, 5) is 41.0. The number of ether oxygens (including phenoxy) is 1. The summed E-state index contributed by atoms with van der Waals surface area (Å²) >= 11 is 1.27. The first-order valence-corrected chi connectivity index (χ1v) is 11.7. The molecule has 0 bridgehead atoms. The lowest BCUT2D eigenvalue weighted by Crippen LogP contribution is -2.27. The maximum atomic E-state index is 12.3. The van der Waals surface area contributed by atoms with Crippen molar-refractivity contribution < 1.29 is 27.5 Å². The number of rotatable bonds is 8. The minimum absolute atomic E-state index is 0.0634. The smallest absolute Gasteiger partial charge is 0.331 e. The van der Waals surface area contributed by atoms with Gasteiger partial charge in [0.2, 0.25) is 11.7 Å². The third-order valence-electron chi connectivity index (χ3n) is 4.35. The average molecular weight is 464 g/mol. The topological polar surface area (TPSA) is 131 Å². The molecule has 0 spiro atoms. The quantitative estimate of drug-likeness (QED) is 0.448. The lowest BCUT2D eigenvalue weighted by Gasteiger charge is -2.08. The third-order valence-corrected chi connectivity index (χ3v) is 6.94. The molecular weight excluding hydrogens is 442 g/mol. The third kappa shape index (κ3) is 5.56. The van der Waals surface area contributed by atoms with E-state index in [0.29, 0.717) is 23.4 Å². The Morgan fingerprint density at radius 2 is 1.94 bits per heavy atom. The van der Waals surface area contributed by atoms with Crippen LogP contribution in [0.1, 0.15) is 34.0 Å². The van der Waals surface area contributed by atoms with Gasteiger partial charge in [-0.1, -0.05) is 12.1 Å². The standard InChI is InChI=1S/C20H21N3O6S2/c1-12(22-19-15-5-3-4-6-18(15)31(27,28)23-19)20(26)29-11-16(25)17-8-7-14(30-17)9-10-21-13(2)24/h3-8,12H,9-11H2,1-2H3,(H,21,24)(H,22,23)/t12-/m0/s1. The van der Waals surface area contributed by atoms with E-state index in [0.717, 1.165) is 4.88 Å². The van der Waals surface area contributed by atoms with Gasteiger partial charge in [-0.3, -0.25) is 19.3 Å². The number of amides is 1. The average Bonchev–Trinajstić information content (AvgIpc) is 3.28. The normalized spacial score (nSPS) is 16.3. The van der Waals surface area contributed by atoms with Crippen LogP contribution in [0.3, 0.4) is 0 Å². The molecule has 0 unspecified atom stereocenters. The Balaban J connectivity index is 1.56. The molecule has 0 fully saturated rings. The van der Waals surface area contributed by atoms with Crippen LogP contribution in [0.4, 0.5) is 0 Å². The Labute approximate surface area is 183 Å². The number of esters is 1. The van der Waals surface area contributed by atoms with Crippen molar-refractivity contribution in [3.8, 4) is 0 Å². The van der Waals surface area contributed by atoms with Gasteiger partial charge in [-0.2, -0.15) is 0 Å². The fourth-order valence-electron chi connectivity index (χ4n) is 2.83. The van der Waals surface area contributed by atoms with Gasteiger partial charge < -0.3 is 10.1 Å². The van der Waals surface area contributed by atoms with Crippen molar-refractivity contribution in [2.45, 2.75) is 31.2 Å². The number of Topliss-reactive ketones (excluding diaryl/α,β-unsaturated/α-hetero) is 1. The van der Waals surface area contributed by atoms with Crippen LogP contribution in [0.15, 0.2) is 46.3 Å². The van der Waals surface area contributed by atoms with Crippen molar-refractivity contribution in [1.29, 1.82) is 0 Å². The van der Waals surface area contributed by atoms with E-state index in [1.54, 1.807) is 30.3 Å². The summed E-state index contributed by atoms with van der Waals surface area (Å²) in [7, 11) is -3.71. The van der Waals surface area contributed by atoms with Crippen LogP contribution in [0.25, 0.3) is 0 Å². The van der Waals surface area contributed by atoms with Crippen molar-refractivity contribution in [3.63, 3.8) is 0 Å². The highest BCUT2D eigenvalue weighted by atomic mass is 32.2. The zero-order valence-corrected chi connectivity index (χ0v) is 18.5. The summed E-state index contributed by atoms with van der Waals surface area (Å²) in [6, 6.07) is 8.75. The maximum absolute atomic E-state index is 12.3. The monoisotopic (exact) mass is 463 g/mol. The SMILES string of the molecule is CC(=O)NCCc1ccc(C(=O)COC(=O)[C@H](C)N=C2NS(=O)(=O)c3ccccc32)s1. The lowest BCUT2D eigenvalue weighted by molar-refractivity contribution is -0.143. The van der Waals surface area contributed by atoms with E-state index < -0.39 is 28.6 Å². The second kappa shape index (κ2) is 9.40. The molecule has 1 amide bonds. The highest BCUT2D eigenvalue weighted by molar-refractivity contribution is 7.90. The number of aliphatic imine (C=N–C) groups is 1. The van der Waals surface area contributed by atoms with Crippen molar-refractivity contribution in [3.05, 3.63) is 51.7 Å². The van der Waals surface area contributed by atoms with E-state index in [4.69, 9.17) is 4.74 Å². The van der Waals surface area contributed by atoms with Gasteiger partial charge in [-0.05, 0) is 37.6 Å². The van der Waals surface area contributed by atoms with Crippen molar-refractivity contribution in [2.24, 2.45) is 4.99 Å². The second-order valence-electron chi connectivity index (χ2n) is 6.79. The highest BCUT2D eigenvalue weighted by Gasteiger charge is 2.31. The first-order valence-electron chi connectivity index (χ1n) is 9.40. The number of hydrogen-bond acceptors (Lipinski definition) is 8. The molecule has 0 aliphatic carbocycles. The summed E-state index contributed by atoms with van der Waals surface area (Å²) in [5, 5.41) is 2.68. The Morgan fingerprint density at radius 3 is 2.68 bits per heavy atom. The number of carbonyl (C=O) groups excluding carboxylic acids is 3. The Bertz CT molecular complexity index is 1150. The van der Waals surface area contributed by atoms with Crippen molar-refractivity contribution >= 4 is 44.9 Å². The van der Waals surface area contributed by atoms with Gasteiger partial charge in [0.05, 0.1) is 9.77 Å². The predicted octanol–water partition coefficient (Wildman–Crippen LogP) is 1.28. The molecule has 1 aromatic carbocycles. The number of benzene rings is 1. The predicted molar refractivity (Wildman–Crippen MR) is 115 cm³/mol. The maximum Gasteiger partial charge on any atom is 0.331 e. The summed E-state index contributed by atoms with van der Waals surface area (Å²) in [5.74, 6) is -1.15. The molecule has 31 heavy (non-hydrogen) atoms. The molecule has 0 radical (unpaired) electrons. The molecule has 2 N–H and O–H groups in total. The number of hydrogen-bond donors (Lipinski definition) is 2. The molecule has 3 rings (SSSR count). The number of thiophene rings is 1. The van der Waals surface area contributed by atoms with Gasteiger partial charge >= 0.3 is 5.97 Å². The fourth-order valence-corrected chi connectivity index (χ4v) is 5.00. The van der Waals surface area contributed by atoms with E-state index in [2.05, 4.69) is 15.0 Å². The minimum atomic E-state index is -3.71. The number of sulfonamides is 1. The molecule has 1 aliphatic rings. The van der Waals surface area contributed by atoms with Crippen LogP contribution in [0.2, 0.25) is 0 Å². The van der Waals surface area contributed by atoms with Gasteiger partial charge in [-0.25, -0.2) is 13.2 Å². The van der Waals surface area contributed by atoms with E-state index in [-0.39, 0.29) is 22.4 Å². The number of nitrogens with zero attached hydrogens (tertiary/aromatic N) is 1. The van der Waals surface area contributed by atoms with E-state index >= 15 is 0 Å². The molecule has 9 nitrogen and oxygen atoms in total. The molecule has 1 aliphatic heterocycles. The lowest BCUT2D eigenvalue weighted by atomic mass is 10.2. The summed E-state index contributed by atoms with van der Waals surface area (Å²) in [6.07, 6.45) is 0.600. The Morgan fingerprint density at radius 1 is 1.19 bits per heavy atom. The second-order valence-corrected chi connectivity index (χ2v) is 9.60. The van der Waals surface area contributed by atoms with E-state index in [1.165, 1.54) is 31.3 Å². The van der Waals surface area contributed by atoms with Gasteiger partial charge in [0, 0.05) is 23.9 Å². The van der Waals surface area contributed by atoms with Crippen LogP contribution in [0, 0.1) is 0 Å². The molecule has 2 aromatic rings. The minimum Gasteiger partial charge on any atom is -0.456 e. The van der Waals surface area contributed by atoms with Crippen LogP contribution >= 0.6 is 11.3 Å². The molecule has 11 heteroatoms. The van der Waals surface area contributed by atoms with Crippen LogP contribution in [-0.2, 0) is 30.8 Å². The molecule has 1 atom stereocenters. The van der Waals surface area contributed by atoms with Gasteiger partial charge in [-0.15, -0.1) is 11.3 Å². The number of ketones is 1. The summed E-state index contributed by atoms with van der Waals surface area (Å²) < 4.78 is 31.6. The van der Waals surface area contributed by atoms with E-state index in [1.807, 2.05) is 0 Å². The van der Waals surface area contributed by atoms with Crippen molar-refractivity contribution in [1.82, 2.24) is 10.0 Å². The number of amidine groups is 1. The van der Waals surface area contributed by atoms with Crippen LogP contribution < -0.4 is 10.0 Å². The first kappa shape index (κ1) is 22.6. The molecular formula is C20H21N3O6S2. The first-order chi connectivity index (χ1) is 14.7. The van der Waals surface area contributed by atoms with E-state index in [9.17, 15) is 22.8 Å². The molecule has 164 valence electrons. The number of carbonyl (C=O) groups is 3. The fraction of sp³-hybridized carbons (Fsp3) is 0.300. The van der Waals surface area contributed by atoms with Gasteiger partial charge in [0.25, 0.3) is 10.0 Å². The highest BCUT2D eigenvalue weighted by Crippen LogP contribution is 2.23. The van der Waals surface area contributed by atoms with Crippen LogP contribution in [0.5, 0.6) is 0 Å². The van der Waals surface area contributed by atoms with Gasteiger partial charge in [0.1, 0.15) is 11.9 Å². The number of nitrogens with one attached hydrogen (secondary N) is 2. The largest absolute Gasteiger partial charge is 0.456 e. The Hall–Kier alpha value is -3.05. The summed E-state index contributed by atoms with van der Waals surface area (Å²) in [5.41, 5.74) is 0.378. The molecule has 2 heterocycles. The van der Waals surface area contributed by atoms with Crippen molar-refractivity contribution in [2.75, 3.05) is 13.2 Å².